The van der Waals surface area contributed by atoms with Gasteiger partial charge in [-0.25, -0.2) is 0 Å². The van der Waals surface area contributed by atoms with Gasteiger partial charge in [-0.1, -0.05) is 42.5 Å². The smallest absolute Gasteiger partial charge is 0.0311 e. The number of hydrogen-bond donors (Lipinski definition) is 1. The highest BCUT2D eigenvalue weighted by atomic mass is 79.9. The predicted molar refractivity (Wildman–Crippen MR) is 87.9 cm³/mol. The lowest BCUT2D eigenvalue weighted by Crippen LogP contribution is -2.03. The Morgan fingerprint density at radius 3 is 2.33 bits per heavy atom. The SMILES string of the molecule is SCC(CSc1ccccc1Br)c1ccccc1. The molecule has 0 heterocycles. The van der Waals surface area contributed by atoms with Gasteiger partial charge >= 0.3 is 0 Å². The molecule has 0 nitrogen and oxygen atoms in total. The molecular weight excluding hydrogens is 324 g/mol. The van der Waals surface area contributed by atoms with Crippen molar-refractivity contribution >= 4 is 40.3 Å². The summed E-state index contributed by atoms with van der Waals surface area (Å²) in [5, 5.41) is 0. The Kier molecular flexibility index (Phi) is 5.67. The van der Waals surface area contributed by atoms with Gasteiger partial charge in [-0.15, -0.1) is 11.8 Å². The van der Waals surface area contributed by atoms with Crippen molar-refractivity contribution < 1.29 is 0 Å². The van der Waals surface area contributed by atoms with Gasteiger partial charge in [0.15, 0.2) is 0 Å². The first-order valence-corrected chi connectivity index (χ1v) is 8.25. The highest BCUT2D eigenvalue weighted by molar-refractivity contribution is 9.10. The molecule has 1 atom stereocenters. The lowest BCUT2D eigenvalue weighted by atomic mass is 10.0. The fraction of sp³-hybridized carbons (Fsp3) is 0.200. The minimum atomic E-state index is 0.492. The zero-order valence-electron chi connectivity index (χ0n) is 9.92. The molecule has 0 fully saturated rings. The third-order valence-corrected chi connectivity index (χ3v) is 5.40. The van der Waals surface area contributed by atoms with Crippen LogP contribution >= 0.6 is 40.3 Å². The summed E-state index contributed by atoms with van der Waals surface area (Å²) >= 11 is 9.94. The number of hydrogen-bond acceptors (Lipinski definition) is 2. The Morgan fingerprint density at radius 2 is 1.67 bits per heavy atom. The maximum absolute atomic E-state index is 4.47. The van der Waals surface area contributed by atoms with Crippen LogP contribution in [0.2, 0.25) is 0 Å². The van der Waals surface area contributed by atoms with Crippen molar-refractivity contribution in [3.63, 3.8) is 0 Å². The van der Waals surface area contributed by atoms with Crippen LogP contribution in [0, 0.1) is 0 Å². The van der Waals surface area contributed by atoms with E-state index in [4.69, 9.17) is 0 Å². The molecule has 0 bridgehead atoms. The van der Waals surface area contributed by atoms with Crippen LogP contribution in [-0.2, 0) is 0 Å². The summed E-state index contributed by atoms with van der Waals surface area (Å²) in [7, 11) is 0. The average Bonchev–Trinajstić information content (AvgIpc) is 2.42. The standard InChI is InChI=1S/C15H15BrS2/c16-14-8-4-5-9-15(14)18-11-13(10-17)12-6-2-1-3-7-12/h1-9,13,17H,10-11H2. The quantitative estimate of drug-likeness (QED) is 0.573. The molecule has 2 aromatic rings. The van der Waals surface area contributed by atoms with Crippen molar-refractivity contribution in [2.45, 2.75) is 10.8 Å². The van der Waals surface area contributed by atoms with Gasteiger partial charge in [0.2, 0.25) is 0 Å². The van der Waals surface area contributed by atoms with E-state index >= 15 is 0 Å². The highest BCUT2D eigenvalue weighted by Crippen LogP contribution is 2.31. The first kappa shape index (κ1) is 14.0. The third-order valence-electron chi connectivity index (χ3n) is 2.77. The average molecular weight is 339 g/mol. The molecule has 3 heteroatoms. The fourth-order valence-corrected chi connectivity index (χ4v) is 3.95. The van der Waals surface area contributed by atoms with Crippen molar-refractivity contribution in [2.75, 3.05) is 11.5 Å². The molecule has 0 aromatic heterocycles. The van der Waals surface area contributed by atoms with Gasteiger partial charge in [-0.3, -0.25) is 0 Å². The van der Waals surface area contributed by atoms with Gasteiger partial charge in [0.25, 0.3) is 0 Å². The molecule has 0 amide bonds. The second-order valence-electron chi connectivity index (χ2n) is 4.03. The van der Waals surface area contributed by atoms with Gasteiger partial charge in [-0.2, -0.15) is 12.6 Å². The van der Waals surface area contributed by atoms with E-state index in [1.54, 1.807) is 0 Å². The minimum absolute atomic E-state index is 0.492. The second-order valence-corrected chi connectivity index (χ2v) is 6.31. The van der Waals surface area contributed by atoms with Crippen LogP contribution in [0.5, 0.6) is 0 Å². The molecule has 2 rings (SSSR count). The molecule has 0 radical (unpaired) electrons. The van der Waals surface area contributed by atoms with E-state index in [2.05, 4.69) is 77.1 Å². The Balaban J connectivity index is 2.02. The van der Waals surface area contributed by atoms with Crippen LogP contribution in [0.1, 0.15) is 11.5 Å². The maximum Gasteiger partial charge on any atom is 0.0311 e. The summed E-state index contributed by atoms with van der Waals surface area (Å²) in [6.07, 6.45) is 0. The summed E-state index contributed by atoms with van der Waals surface area (Å²) in [4.78, 5) is 1.29. The number of thioether (sulfide) groups is 1. The number of benzene rings is 2. The Labute approximate surface area is 127 Å². The van der Waals surface area contributed by atoms with Crippen molar-refractivity contribution in [3.05, 3.63) is 64.6 Å². The predicted octanol–water partition coefficient (Wildman–Crippen LogP) is 5.25. The monoisotopic (exact) mass is 338 g/mol. The van der Waals surface area contributed by atoms with Gasteiger partial charge in [0.05, 0.1) is 0 Å². The molecule has 1 unspecified atom stereocenters. The van der Waals surface area contributed by atoms with Gasteiger partial charge < -0.3 is 0 Å². The van der Waals surface area contributed by atoms with Crippen molar-refractivity contribution in [1.29, 1.82) is 0 Å². The van der Waals surface area contributed by atoms with Crippen LogP contribution in [0.3, 0.4) is 0 Å². The van der Waals surface area contributed by atoms with Crippen LogP contribution in [-0.4, -0.2) is 11.5 Å². The normalized spacial score (nSPS) is 12.3. The van der Waals surface area contributed by atoms with Crippen molar-refractivity contribution in [2.24, 2.45) is 0 Å². The van der Waals surface area contributed by atoms with E-state index in [9.17, 15) is 0 Å². The summed E-state index contributed by atoms with van der Waals surface area (Å²) < 4.78 is 1.17. The molecule has 94 valence electrons. The number of thiol groups is 1. The molecule has 0 spiro atoms. The highest BCUT2D eigenvalue weighted by Gasteiger charge is 2.10. The first-order valence-electron chi connectivity index (χ1n) is 5.84. The Bertz CT molecular complexity index is 485. The van der Waals surface area contributed by atoms with E-state index in [0.29, 0.717) is 5.92 Å². The Morgan fingerprint density at radius 1 is 1.00 bits per heavy atom. The molecule has 0 saturated heterocycles. The zero-order chi connectivity index (χ0) is 12.8. The van der Waals surface area contributed by atoms with Crippen LogP contribution in [0.15, 0.2) is 64.0 Å². The largest absolute Gasteiger partial charge is 0.179 e. The summed E-state index contributed by atoms with van der Waals surface area (Å²) in [6, 6.07) is 19.0. The molecular formula is C15H15BrS2. The molecule has 0 N–H and O–H groups in total. The third kappa shape index (κ3) is 3.81. The zero-order valence-corrected chi connectivity index (χ0v) is 13.2. The van der Waals surface area contributed by atoms with E-state index < -0.39 is 0 Å². The molecule has 0 aliphatic carbocycles. The molecule has 0 aliphatic heterocycles. The summed E-state index contributed by atoms with van der Waals surface area (Å²) in [5.41, 5.74) is 1.37. The Hall–Kier alpha value is -0.380. The fourth-order valence-electron chi connectivity index (χ4n) is 1.73. The molecule has 0 aliphatic rings. The van der Waals surface area contributed by atoms with E-state index in [1.165, 1.54) is 14.9 Å². The van der Waals surface area contributed by atoms with Crippen LogP contribution < -0.4 is 0 Å². The van der Waals surface area contributed by atoms with Crippen LogP contribution in [0.25, 0.3) is 0 Å². The summed E-state index contributed by atoms with van der Waals surface area (Å²) in [6.45, 7) is 0. The van der Waals surface area contributed by atoms with Crippen molar-refractivity contribution in [1.82, 2.24) is 0 Å². The second kappa shape index (κ2) is 7.27. The molecule has 0 saturated carbocycles. The van der Waals surface area contributed by atoms with Crippen LogP contribution in [0.4, 0.5) is 0 Å². The lowest BCUT2D eigenvalue weighted by Gasteiger charge is -2.14. The maximum atomic E-state index is 4.47. The summed E-state index contributed by atoms with van der Waals surface area (Å²) in [5.74, 6) is 2.42. The minimum Gasteiger partial charge on any atom is -0.179 e. The van der Waals surface area contributed by atoms with Gasteiger partial charge in [0, 0.05) is 21.0 Å². The van der Waals surface area contributed by atoms with Crippen molar-refractivity contribution in [3.8, 4) is 0 Å². The first-order chi connectivity index (χ1) is 8.81. The number of rotatable bonds is 5. The topological polar surface area (TPSA) is 0 Å². The lowest BCUT2D eigenvalue weighted by molar-refractivity contribution is 0.898. The van der Waals surface area contributed by atoms with Gasteiger partial charge in [-0.05, 0) is 39.4 Å². The van der Waals surface area contributed by atoms with E-state index in [0.717, 1.165) is 11.5 Å². The van der Waals surface area contributed by atoms with E-state index in [-0.39, 0.29) is 0 Å². The van der Waals surface area contributed by atoms with E-state index in [1.807, 2.05) is 17.8 Å². The number of halogens is 1. The molecule has 18 heavy (non-hydrogen) atoms. The van der Waals surface area contributed by atoms with Gasteiger partial charge in [0.1, 0.15) is 0 Å². The molecule has 2 aromatic carbocycles.